The van der Waals surface area contributed by atoms with Gasteiger partial charge in [0.1, 0.15) is 0 Å². The predicted octanol–water partition coefficient (Wildman–Crippen LogP) is 2.72. The Morgan fingerprint density at radius 2 is 2.17 bits per heavy atom. The van der Waals surface area contributed by atoms with E-state index in [1.165, 1.54) is 25.8 Å². The average molecular weight is 164 g/mol. The van der Waals surface area contributed by atoms with Gasteiger partial charge in [-0.2, -0.15) is 0 Å². The number of ketones is 1. The summed E-state index contributed by atoms with van der Waals surface area (Å²) in [6, 6.07) is 0. The normalized spacial score (nSPS) is 9.50. The molecule has 0 fully saturated rings. The minimum atomic E-state index is 0.0536. The molecule has 1 nitrogen and oxygen atoms in total. The molecule has 12 heavy (non-hydrogen) atoms. The van der Waals surface area contributed by atoms with Gasteiger partial charge in [0.15, 0.2) is 5.78 Å². The van der Waals surface area contributed by atoms with E-state index < -0.39 is 0 Å². The Labute approximate surface area is 74.9 Å². The number of rotatable bonds is 4. The minimum absolute atomic E-state index is 0.0536. The van der Waals surface area contributed by atoms with Crippen molar-refractivity contribution >= 4 is 5.78 Å². The summed E-state index contributed by atoms with van der Waals surface area (Å²) in [5, 5.41) is 0. The third kappa shape index (κ3) is 8.97. The fourth-order valence-corrected chi connectivity index (χ4v) is 0.754. The molecule has 0 aliphatic heterocycles. The molecule has 0 spiro atoms. The van der Waals surface area contributed by atoms with Crippen LogP contribution in [0, 0.1) is 11.8 Å². The number of hydrogen-bond donors (Lipinski definition) is 0. The summed E-state index contributed by atoms with van der Waals surface area (Å²) in [6.07, 6.45) is 7.69. The van der Waals surface area contributed by atoms with Crippen LogP contribution in [0.5, 0.6) is 0 Å². The quantitative estimate of drug-likeness (QED) is 0.355. The molecule has 0 bridgehead atoms. The van der Waals surface area contributed by atoms with Crippen LogP contribution in [0.2, 0.25) is 0 Å². The van der Waals surface area contributed by atoms with Gasteiger partial charge in [0, 0.05) is 6.42 Å². The highest BCUT2D eigenvalue weighted by Crippen LogP contribution is 1.96. The molecule has 0 aromatic heterocycles. The van der Waals surface area contributed by atoms with Gasteiger partial charge in [0.2, 0.25) is 0 Å². The Bertz CT molecular complexity index is 203. The van der Waals surface area contributed by atoms with Gasteiger partial charge in [-0.25, -0.2) is 0 Å². The molecule has 0 atom stereocenters. The average Bonchev–Trinajstić information content (AvgIpc) is 2.02. The molecule has 0 amide bonds. The lowest BCUT2D eigenvalue weighted by atomic mass is 10.2. The highest BCUT2D eigenvalue weighted by Gasteiger charge is 1.80. The molecule has 0 N–H and O–H groups in total. The Morgan fingerprint density at radius 3 is 2.75 bits per heavy atom. The smallest absolute Gasteiger partial charge is 0.153 e. The first-order valence-electron chi connectivity index (χ1n) is 4.43. The molecule has 0 aliphatic carbocycles. The van der Waals surface area contributed by atoms with Gasteiger partial charge in [-0.3, -0.25) is 4.79 Å². The van der Waals surface area contributed by atoms with Gasteiger partial charge in [0.25, 0.3) is 0 Å². The third-order valence-corrected chi connectivity index (χ3v) is 1.41. The Hall–Kier alpha value is -1.03. The lowest BCUT2D eigenvalue weighted by Gasteiger charge is -1.87. The van der Waals surface area contributed by atoms with E-state index in [2.05, 4.69) is 18.8 Å². The Kier molecular flexibility index (Phi) is 7.38. The molecular formula is C11H16O. The fraction of sp³-hybridized carbons (Fsp3) is 0.545. The van der Waals surface area contributed by atoms with Crippen LogP contribution in [0.4, 0.5) is 0 Å². The van der Waals surface area contributed by atoms with E-state index in [0.717, 1.165) is 12.8 Å². The van der Waals surface area contributed by atoms with Crippen LogP contribution >= 0.6 is 0 Å². The van der Waals surface area contributed by atoms with Gasteiger partial charge in [-0.05, 0) is 25.5 Å². The monoisotopic (exact) mass is 164 g/mol. The predicted molar refractivity (Wildman–Crippen MR) is 51.7 cm³/mol. The molecule has 0 heterocycles. The van der Waals surface area contributed by atoms with Gasteiger partial charge in [-0.15, -0.1) is 0 Å². The summed E-state index contributed by atoms with van der Waals surface area (Å²) in [5.74, 6) is 5.86. The number of carbonyl (C=O) groups is 1. The number of allylic oxidation sites excluding steroid dienone is 2. The van der Waals surface area contributed by atoms with Crippen molar-refractivity contribution in [2.24, 2.45) is 0 Å². The summed E-state index contributed by atoms with van der Waals surface area (Å²) in [5.41, 5.74) is 0. The van der Waals surface area contributed by atoms with E-state index in [-0.39, 0.29) is 5.78 Å². The Balaban J connectivity index is 3.40. The molecule has 0 aliphatic rings. The second kappa shape index (κ2) is 8.07. The molecular weight excluding hydrogens is 148 g/mol. The summed E-state index contributed by atoms with van der Waals surface area (Å²) in [4.78, 5) is 10.4. The fourth-order valence-electron chi connectivity index (χ4n) is 0.754. The second-order valence-electron chi connectivity index (χ2n) is 2.72. The third-order valence-electron chi connectivity index (χ3n) is 1.41. The first kappa shape index (κ1) is 11.0. The van der Waals surface area contributed by atoms with Crippen LogP contribution in [-0.2, 0) is 4.79 Å². The maximum absolute atomic E-state index is 10.4. The van der Waals surface area contributed by atoms with Crippen molar-refractivity contribution in [2.45, 2.75) is 39.5 Å². The second-order valence-corrected chi connectivity index (χ2v) is 2.72. The van der Waals surface area contributed by atoms with Crippen molar-refractivity contribution in [1.82, 2.24) is 0 Å². The number of unbranched alkanes of at least 4 members (excludes halogenated alkanes) is 3. The van der Waals surface area contributed by atoms with Crippen LogP contribution in [0.15, 0.2) is 12.2 Å². The number of hydrogen-bond acceptors (Lipinski definition) is 1. The van der Waals surface area contributed by atoms with Gasteiger partial charge < -0.3 is 0 Å². The molecule has 0 saturated carbocycles. The number of carbonyl (C=O) groups excluding carboxylic acids is 1. The van der Waals surface area contributed by atoms with Crippen molar-refractivity contribution in [3.8, 4) is 11.8 Å². The topological polar surface area (TPSA) is 17.1 Å². The van der Waals surface area contributed by atoms with E-state index in [0.29, 0.717) is 0 Å². The van der Waals surface area contributed by atoms with Crippen molar-refractivity contribution in [1.29, 1.82) is 0 Å². The molecule has 1 heteroatoms. The van der Waals surface area contributed by atoms with Crippen LogP contribution in [0.3, 0.4) is 0 Å². The zero-order chi connectivity index (χ0) is 9.23. The van der Waals surface area contributed by atoms with Crippen LogP contribution in [0.25, 0.3) is 0 Å². The van der Waals surface area contributed by atoms with Gasteiger partial charge >= 0.3 is 0 Å². The van der Waals surface area contributed by atoms with Crippen LogP contribution in [-0.4, -0.2) is 5.78 Å². The molecule has 0 unspecified atom stereocenters. The van der Waals surface area contributed by atoms with Gasteiger partial charge in [-0.1, -0.05) is 31.6 Å². The van der Waals surface area contributed by atoms with Crippen LogP contribution < -0.4 is 0 Å². The first-order valence-corrected chi connectivity index (χ1v) is 4.43. The summed E-state index contributed by atoms with van der Waals surface area (Å²) in [6.45, 7) is 3.69. The maximum Gasteiger partial charge on any atom is 0.153 e. The zero-order valence-corrected chi connectivity index (χ0v) is 7.89. The molecule has 0 rings (SSSR count). The van der Waals surface area contributed by atoms with E-state index in [9.17, 15) is 4.79 Å². The first-order chi connectivity index (χ1) is 5.77. The van der Waals surface area contributed by atoms with Crippen molar-refractivity contribution in [3.05, 3.63) is 12.2 Å². The van der Waals surface area contributed by atoms with Crippen molar-refractivity contribution in [3.63, 3.8) is 0 Å². The van der Waals surface area contributed by atoms with Crippen molar-refractivity contribution < 1.29 is 4.79 Å². The van der Waals surface area contributed by atoms with Gasteiger partial charge in [0.05, 0.1) is 0 Å². The van der Waals surface area contributed by atoms with E-state index >= 15 is 0 Å². The minimum Gasteiger partial charge on any atom is -0.295 e. The maximum atomic E-state index is 10.4. The van der Waals surface area contributed by atoms with E-state index in [1.807, 2.05) is 0 Å². The highest BCUT2D eigenvalue weighted by molar-refractivity contribution is 5.87. The van der Waals surface area contributed by atoms with Crippen molar-refractivity contribution in [2.75, 3.05) is 0 Å². The summed E-state index contributed by atoms with van der Waals surface area (Å²) < 4.78 is 0. The summed E-state index contributed by atoms with van der Waals surface area (Å²) >= 11 is 0. The molecule has 0 saturated heterocycles. The standard InChI is InChI=1S/C11H16O/c1-3-4-5-6-7-8-9-10-11(2)12/h9-10H,3-6H2,1-2H3/b10-9+. The Morgan fingerprint density at radius 1 is 1.42 bits per heavy atom. The van der Waals surface area contributed by atoms with Crippen LogP contribution in [0.1, 0.15) is 39.5 Å². The molecule has 0 radical (unpaired) electrons. The molecule has 0 aromatic carbocycles. The summed E-state index contributed by atoms with van der Waals surface area (Å²) in [7, 11) is 0. The van der Waals surface area contributed by atoms with E-state index in [4.69, 9.17) is 0 Å². The van der Waals surface area contributed by atoms with E-state index in [1.54, 1.807) is 6.08 Å². The molecule has 0 aromatic rings. The lowest BCUT2D eigenvalue weighted by Crippen LogP contribution is -1.77. The molecule has 66 valence electrons. The highest BCUT2D eigenvalue weighted by atomic mass is 16.1. The lowest BCUT2D eigenvalue weighted by molar-refractivity contribution is -0.112. The SMILES string of the molecule is CCCCCC#C/C=C/C(C)=O. The largest absolute Gasteiger partial charge is 0.295 e. The zero-order valence-electron chi connectivity index (χ0n) is 7.89.